The Morgan fingerprint density at radius 1 is 0.692 bits per heavy atom. The van der Waals surface area contributed by atoms with Crippen molar-refractivity contribution in [2.24, 2.45) is 4.99 Å². The average Bonchev–Trinajstić information content (AvgIpc) is 2.91. The van der Waals surface area contributed by atoms with Gasteiger partial charge in [-0.2, -0.15) is 26.3 Å². The molecule has 0 spiro atoms. The van der Waals surface area contributed by atoms with Crippen LogP contribution >= 0.6 is 0 Å². The van der Waals surface area contributed by atoms with E-state index in [1.54, 1.807) is 0 Å². The number of nitrogens with one attached hydrogen (secondary N) is 1. The Bertz CT molecular complexity index is 1270. The Kier molecular flexibility index (Phi) is 9.64. The molecule has 0 aromatic heterocycles. The molecule has 0 saturated heterocycles. The third kappa shape index (κ3) is 7.31. The second-order valence-electron chi connectivity index (χ2n) is 9.09. The molecular weight excluding hydrogens is 514 g/mol. The standard InChI is InChI=1S/C31H32F6N2/c1-5-20-11-9-12-21(6-2)28(20)38-18-25(19-39-29-22(7-3)13-10-14-23(29)8-4)24-15-26(30(32,33)34)17-27(16-24)31(35,36)37/h9-19,38H,5-8H2,1-4H3/b25-18-,39-19?. The minimum atomic E-state index is -4.96. The number of rotatable bonds is 9. The highest BCUT2D eigenvalue weighted by Gasteiger charge is 2.37. The zero-order chi connectivity index (χ0) is 28.8. The van der Waals surface area contributed by atoms with E-state index in [4.69, 9.17) is 0 Å². The van der Waals surface area contributed by atoms with Gasteiger partial charge >= 0.3 is 12.4 Å². The third-order valence-corrected chi connectivity index (χ3v) is 6.59. The fourth-order valence-corrected chi connectivity index (χ4v) is 4.41. The monoisotopic (exact) mass is 546 g/mol. The fraction of sp³-hybridized carbons (Fsp3) is 0.323. The summed E-state index contributed by atoms with van der Waals surface area (Å²) in [5.41, 5.74) is 2.36. The number of halogens is 6. The Morgan fingerprint density at radius 3 is 1.54 bits per heavy atom. The lowest BCUT2D eigenvalue weighted by Crippen LogP contribution is -2.12. The van der Waals surface area contributed by atoms with Crippen molar-refractivity contribution in [3.8, 4) is 0 Å². The molecule has 0 unspecified atom stereocenters. The molecule has 2 nitrogen and oxygen atoms in total. The number of alkyl halides is 6. The normalized spacial score (nSPS) is 12.8. The Balaban J connectivity index is 2.26. The van der Waals surface area contributed by atoms with Gasteiger partial charge in [0, 0.05) is 23.7 Å². The van der Waals surface area contributed by atoms with E-state index in [9.17, 15) is 26.3 Å². The molecule has 208 valence electrons. The quantitative estimate of drug-likeness (QED) is 0.210. The first-order valence-electron chi connectivity index (χ1n) is 12.9. The summed E-state index contributed by atoms with van der Waals surface area (Å²) in [5.74, 6) is 0. The summed E-state index contributed by atoms with van der Waals surface area (Å²) in [6.45, 7) is 7.87. The van der Waals surface area contributed by atoms with Crippen molar-refractivity contribution in [1.82, 2.24) is 0 Å². The van der Waals surface area contributed by atoms with E-state index >= 15 is 0 Å². The van der Waals surface area contributed by atoms with E-state index in [-0.39, 0.29) is 17.2 Å². The van der Waals surface area contributed by atoms with Gasteiger partial charge in [-0.05, 0) is 71.7 Å². The van der Waals surface area contributed by atoms with E-state index in [0.29, 0.717) is 31.4 Å². The summed E-state index contributed by atoms with van der Waals surface area (Å²) in [4.78, 5) is 4.61. The maximum absolute atomic E-state index is 13.7. The second kappa shape index (κ2) is 12.5. The minimum Gasteiger partial charge on any atom is -0.361 e. The van der Waals surface area contributed by atoms with Gasteiger partial charge in [0.2, 0.25) is 0 Å². The molecule has 3 aromatic carbocycles. The number of hydrogen-bond acceptors (Lipinski definition) is 2. The number of anilines is 1. The maximum Gasteiger partial charge on any atom is 0.416 e. The summed E-state index contributed by atoms with van der Waals surface area (Å²) < 4.78 is 82.0. The Hall–Kier alpha value is -3.55. The van der Waals surface area contributed by atoms with Gasteiger partial charge in [0.25, 0.3) is 0 Å². The number of benzene rings is 3. The van der Waals surface area contributed by atoms with Crippen molar-refractivity contribution in [1.29, 1.82) is 0 Å². The number of hydrogen-bond donors (Lipinski definition) is 1. The molecule has 0 aliphatic heterocycles. The summed E-state index contributed by atoms with van der Waals surface area (Å²) in [6.07, 6.45) is -4.41. The molecule has 3 aromatic rings. The van der Waals surface area contributed by atoms with Crippen LogP contribution in [0.3, 0.4) is 0 Å². The molecule has 3 rings (SSSR count). The SMILES string of the molecule is CCc1cccc(CC)c1N=C/C(=C/Nc1c(CC)cccc1CC)c1cc(C(F)(F)F)cc(C(F)(F)F)c1. The molecule has 0 fully saturated rings. The highest BCUT2D eigenvalue weighted by atomic mass is 19.4. The van der Waals surface area contributed by atoms with Crippen LogP contribution in [0, 0.1) is 0 Å². The number of para-hydroxylation sites is 2. The molecule has 0 amide bonds. The molecule has 0 aliphatic carbocycles. The lowest BCUT2D eigenvalue weighted by molar-refractivity contribution is -0.143. The van der Waals surface area contributed by atoms with Crippen molar-refractivity contribution >= 4 is 23.2 Å². The Morgan fingerprint density at radius 2 is 1.13 bits per heavy atom. The van der Waals surface area contributed by atoms with Crippen LogP contribution in [-0.4, -0.2) is 6.21 Å². The molecule has 8 heteroatoms. The second-order valence-corrected chi connectivity index (χ2v) is 9.09. The first kappa shape index (κ1) is 30.0. The minimum absolute atomic E-state index is 0.0903. The number of aliphatic imine (C=N–C) groups is 1. The van der Waals surface area contributed by atoms with Crippen molar-refractivity contribution < 1.29 is 26.3 Å². The van der Waals surface area contributed by atoms with Crippen LogP contribution < -0.4 is 5.32 Å². The van der Waals surface area contributed by atoms with Gasteiger partial charge in [-0.25, -0.2) is 0 Å². The van der Waals surface area contributed by atoms with Gasteiger partial charge in [0.1, 0.15) is 0 Å². The maximum atomic E-state index is 13.7. The van der Waals surface area contributed by atoms with Gasteiger partial charge < -0.3 is 5.32 Å². The summed E-state index contributed by atoms with van der Waals surface area (Å²) in [6, 6.07) is 13.1. The Labute approximate surface area is 225 Å². The van der Waals surface area contributed by atoms with Gasteiger partial charge in [-0.3, -0.25) is 4.99 Å². The van der Waals surface area contributed by atoms with E-state index in [0.717, 1.165) is 40.1 Å². The van der Waals surface area contributed by atoms with Crippen molar-refractivity contribution in [2.45, 2.75) is 65.7 Å². The molecular formula is C31H32F6N2. The van der Waals surface area contributed by atoms with E-state index in [1.807, 2.05) is 64.1 Å². The predicted molar refractivity (Wildman–Crippen MR) is 147 cm³/mol. The van der Waals surface area contributed by atoms with Crippen molar-refractivity contribution in [2.75, 3.05) is 5.32 Å². The topological polar surface area (TPSA) is 24.4 Å². The van der Waals surface area contributed by atoms with Crippen LogP contribution in [0.5, 0.6) is 0 Å². The third-order valence-electron chi connectivity index (χ3n) is 6.59. The molecule has 0 aliphatic rings. The van der Waals surface area contributed by atoms with Gasteiger partial charge in [0.05, 0.1) is 16.8 Å². The summed E-state index contributed by atoms with van der Waals surface area (Å²) >= 11 is 0. The highest BCUT2D eigenvalue weighted by Crippen LogP contribution is 2.38. The van der Waals surface area contributed by atoms with Crippen molar-refractivity contribution in [3.05, 3.63) is 99.7 Å². The van der Waals surface area contributed by atoms with E-state index in [1.165, 1.54) is 12.4 Å². The van der Waals surface area contributed by atoms with Crippen LogP contribution in [0.25, 0.3) is 5.57 Å². The van der Waals surface area contributed by atoms with E-state index in [2.05, 4.69) is 10.3 Å². The summed E-state index contributed by atoms with van der Waals surface area (Å²) in [5, 5.41) is 3.18. The highest BCUT2D eigenvalue weighted by molar-refractivity contribution is 6.11. The van der Waals surface area contributed by atoms with Crippen LogP contribution in [0.4, 0.5) is 37.7 Å². The zero-order valence-electron chi connectivity index (χ0n) is 22.4. The lowest BCUT2D eigenvalue weighted by atomic mass is 9.99. The van der Waals surface area contributed by atoms with Crippen LogP contribution in [0.15, 0.2) is 65.8 Å². The van der Waals surface area contributed by atoms with Gasteiger partial charge in [-0.15, -0.1) is 0 Å². The van der Waals surface area contributed by atoms with Crippen molar-refractivity contribution in [3.63, 3.8) is 0 Å². The molecule has 0 bridgehead atoms. The number of allylic oxidation sites excluding steroid dienone is 1. The smallest absolute Gasteiger partial charge is 0.361 e. The first-order valence-corrected chi connectivity index (χ1v) is 12.9. The first-order chi connectivity index (χ1) is 18.4. The van der Waals surface area contributed by atoms with Crippen LogP contribution in [0.2, 0.25) is 0 Å². The molecule has 0 heterocycles. The number of aryl methyl sites for hydroxylation is 4. The van der Waals surface area contributed by atoms with Gasteiger partial charge in [-0.1, -0.05) is 64.1 Å². The number of nitrogens with zero attached hydrogens (tertiary/aromatic N) is 1. The zero-order valence-corrected chi connectivity index (χ0v) is 22.4. The lowest BCUT2D eigenvalue weighted by Gasteiger charge is -2.16. The fourth-order valence-electron chi connectivity index (χ4n) is 4.41. The van der Waals surface area contributed by atoms with Gasteiger partial charge in [0.15, 0.2) is 0 Å². The summed E-state index contributed by atoms with van der Waals surface area (Å²) in [7, 11) is 0. The van der Waals surface area contributed by atoms with Crippen LogP contribution in [0.1, 0.15) is 66.6 Å². The predicted octanol–water partition coefficient (Wildman–Crippen LogP) is 9.83. The molecule has 0 atom stereocenters. The van der Waals surface area contributed by atoms with Crippen LogP contribution in [-0.2, 0) is 38.0 Å². The van der Waals surface area contributed by atoms with E-state index < -0.39 is 23.5 Å². The molecule has 39 heavy (non-hydrogen) atoms. The largest absolute Gasteiger partial charge is 0.416 e. The molecule has 0 radical (unpaired) electrons. The molecule has 0 saturated carbocycles. The molecule has 1 N–H and O–H groups in total. The average molecular weight is 547 g/mol.